The molecule has 0 saturated heterocycles. The Hall–Kier alpha value is -4.33. The van der Waals surface area contributed by atoms with Crippen molar-refractivity contribution in [2.45, 2.75) is 18.2 Å². The monoisotopic (exact) mass is 539 g/mol. The van der Waals surface area contributed by atoms with Gasteiger partial charge in [-0.15, -0.1) is 13.2 Å². The molecule has 1 amide bonds. The number of alkyl halides is 3. The molecule has 0 heterocycles. The number of amides is 1. The molecule has 0 bridgehead atoms. The molecule has 3 aromatic rings. The molecule has 0 fully saturated rings. The summed E-state index contributed by atoms with van der Waals surface area (Å²) in [5, 5.41) is 13.7. The first kappa shape index (κ1) is 27.3. The second-order valence-electron chi connectivity index (χ2n) is 7.54. The number of halogens is 3. The van der Waals surface area contributed by atoms with Crippen LogP contribution < -0.4 is 19.1 Å². The fraction of sp³-hybridized carbons (Fsp3) is 0.174. The average Bonchev–Trinajstić information content (AvgIpc) is 2.83. The molecule has 0 aliphatic rings. The van der Waals surface area contributed by atoms with Gasteiger partial charge in [0.15, 0.2) is 0 Å². The van der Waals surface area contributed by atoms with Crippen LogP contribution in [0.2, 0.25) is 0 Å². The van der Waals surface area contributed by atoms with E-state index in [9.17, 15) is 36.5 Å². The molecule has 37 heavy (non-hydrogen) atoms. The first-order valence-electron chi connectivity index (χ1n) is 10.4. The molecule has 0 spiro atoms. The minimum Gasteiger partial charge on any atom is -0.497 e. The maximum absolute atomic E-state index is 13.5. The Morgan fingerprint density at radius 2 is 1.62 bits per heavy atom. The molecule has 3 aromatic carbocycles. The zero-order valence-corrected chi connectivity index (χ0v) is 20.2. The lowest BCUT2D eigenvalue weighted by Crippen LogP contribution is -2.38. The highest BCUT2D eigenvalue weighted by Gasteiger charge is 2.31. The average molecular weight is 539 g/mol. The van der Waals surface area contributed by atoms with Crippen molar-refractivity contribution in [1.82, 2.24) is 0 Å². The van der Waals surface area contributed by atoms with Crippen molar-refractivity contribution >= 4 is 33.0 Å². The van der Waals surface area contributed by atoms with Gasteiger partial charge in [0.2, 0.25) is 5.91 Å². The first-order chi connectivity index (χ1) is 17.3. The SMILES string of the molecule is COc1ccc(N(CC(=O)Nc2ccc(OC(F)(F)F)cc2)S(=O)(=O)c2ccc(C)c([N+](=O)[O-])c2)cc1. The lowest BCUT2D eigenvalue weighted by atomic mass is 10.2. The Bertz CT molecular complexity index is 1390. The number of nitro groups is 1. The van der Waals surface area contributed by atoms with Crippen molar-refractivity contribution in [2.75, 3.05) is 23.3 Å². The normalized spacial score (nSPS) is 11.5. The highest BCUT2D eigenvalue weighted by molar-refractivity contribution is 7.92. The summed E-state index contributed by atoms with van der Waals surface area (Å²) in [6, 6.07) is 13.3. The summed E-state index contributed by atoms with van der Waals surface area (Å²) in [6.45, 7) is 0.700. The maximum Gasteiger partial charge on any atom is 0.573 e. The molecule has 1 N–H and O–H groups in total. The van der Waals surface area contributed by atoms with Gasteiger partial charge >= 0.3 is 6.36 Å². The quantitative estimate of drug-likeness (QED) is 0.310. The summed E-state index contributed by atoms with van der Waals surface area (Å²) in [5.74, 6) is -0.919. The standard InChI is InChI=1S/C23H20F3N3O7S/c1-15-3-12-20(13-21(15)29(31)32)37(33,34)28(17-6-10-18(35-2)11-7-17)14-22(30)27-16-4-8-19(9-5-16)36-23(24,25)26/h3-13H,14H2,1-2H3,(H,27,30). The second kappa shape index (κ2) is 10.7. The lowest BCUT2D eigenvalue weighted by molar-refractivity contribution is -0.385. The van der Waals surface area contributed by atoms with Gasteiger partial charge in [-0.05, 0) is 61.5 Å². The van der Waals surface area contributed by atoms with Crippen LogP contribution in [0.5, 0.6) is 11.5 Å². The number of anilines is 2. The summed E-state index contributed by atoms with van der Waals surface area (Å²) < 4.78 is 73.7. The Morgan fingerprint density at radius 1 is 1.03 bits per heavy atom. The smallest absolute Gasteiger partial charge is 0.497 e. The van der Waals surface area contributed by atoms with Crippen molar-refractivity contribution in [3.05, 3.63) is 82.4 Å². The minimum absolute atomic E-state index is 0.0631. The Kier molecular flexibility index (Phi) is 7.91. The first-order valence-corrected chi connectivity index (χ1v) is 11.8. The molecular weight excluding hydrogens is 519 g/mol. The topological polar surface area (TPSA) is 128 Å². The van der Waals surface area contributed by atoms with E-state index in [2.05, 4.69) is 10.1 Å². The van der Waals surface area contributed by atoms with Gasteiger partial charge in [-0.2, -0.15) is 0 Å². The number of carbonyl (C=O) groups excluding carboxylic acids is 1. The molecule has 14 heteroatoms. The van der Waals surface area contributed by atoms with Crippen LogP contribution in [0.1, 0.15) is 5.56 Å². The number of sulfonamides is 1. The third-order valence-electron chi connectivity index (χ3n) is 4.98. The van der Waals surface area contributed by atoms with Crippen molar-refractivity contribution in [3.8, 4) is 11.5 Å². The van der Waals surface area contributed by atoms with Gasteiger partial charge in [-0.25, -0.2) is 8.42 Å². The molecule has 0 aliphatic carbocycles. The molecule has 0 unspecified atom stereocenters. The number of aryl methyl sites for hydroxylation is 1. The summed E-state index contributed by atoms with van der Waals surface area (Å²) in [5.41, 5.74) is -0.0253. The van der Waals surface area contributed by atoms with E-state index in [-0.39, 0.29) is 16.9 Å². The lowest BCUT2D eigenvalue weighted by Gasteiger charge is -2.24. The summed E-state index contributed by atoms with van der Waals surface area (Å²) >= 11 is 0. The van der Waals surface area contributed by atoms with Crippen molar-refractivity contribution in [3.63, 3.8) is 0 Å². The fourth-order valence-corrected chi connectivity index (χ4v) is 4.65. The van der Waals surface area contributed by atoms with Gasteiger partial charge in [0.05, 0.1) is 22.6 Å². The van der Waals surface area contributed by atoms with E-state index in [1.807, 2.05) is 0 Å². The van der Waals surface area contributed by atoms with Gasteiger partial charge in [0, 0.05) is 17.3 Å². The maximum atomic E-state index is 13.5. The number of carbonyl (C=O) groups is 1. The van der Waals surface area contributed by atoms with E-state index >= 15 is 0 Å². The molecule has 0 saturated carbocycles. The predicted molar refractivity (Wildman–Crippen MR) is 127 cm³/mol. The number of nitro benzene ring substituents is 1. The van der Waals surface area contributed by atoms with Crippen LogP contribution in [0.4, 0.5) is 30.2 Å². The van der Waals surface area contributed by atoms with Crippen molar-refractivity contribution in [2.24, 2.45) is 0 Å². The van der Waals surface area contributed by atoms with Gasteiger partial charge in [-0.3, -0.25) is 19.2 Å². The number of ether oxygens (including phenoxy) is 2. The van der Waals surface area contributed by atoms with E-state index < -0.39 is 50.1 Å². The summed E-state index contributed by atoms with van der Waals surface area (Å²) in [4.78, 5) is 23.0. The molecule has 3 rings (SSSR count). The second-order valence-corrected chi connectivity index (χ2v) is 9.40. The van der Waals surface area contributed by atoms with Crippen LogP contribution >= 0.6 is 0 Å². The number of nitrogens with one attached hydrogen (secondary N) is 1. The highest BCUT2D eigenvalue weighted by Crippen LogP contribution is 2.29. The molecule has 0 aliphatic heterocycles. The Labute approximate surface area is 209 Å². The molecule has 10 nitrogen and oxygen atoms in total. The van der Waals surface area contributed by atoms with E-state index in [0.29, 0.717) is 5.75 Å². The number of methoxy groups -OCH3 is 1. The zero-order chi connectivity index (χ0) is 27.4. The molecule has 0 radical (unpaired) electrons. The van der Waals surface area contributed by atoms with E-state index in [1.165, 1.54) is 50.4 Å². The van der Waals surface area contributed by atoms with Crippen LogP contribution in [0.15, 0.2) is 71.6 Å². The molecular formula is C23H20F3N3O7S. The van der Waals surface area contributed by atoms with Gasteiger partial charge in [0.25, 0.3) is 15.7 Å². The number of hydrogen-bond acceptors (Lipinski definition) is 7. The molecule has 196 valence electrons. The largest absolute Gasteiger partial charge is 0.573 e. The Morgan fingerprint density at radius 3 is 2.16 bits per heavy atom. The molecule has 0 aromatic heterocycles. The third-order valence-corrected chi connectivity index (χ3v) is 6.75. The van der Waals surface area contributed by atoms with E-state index in [4.69, 9.17) is 4.74 Å². The van der Waals surface area contributed by atoms with Gasteiger partial charge < -0.3 is 14.8 Å². The Balaban J connectivity index is 1.92. The highest BCUT2D eigenvalue weighted by atomic mass is 32.2. The van der Waals surface area contributed by atoms with E-state index in [0.717, 1.165) is 34.6 Å². The summed E-state index contributed by atoms with van der Waals surface area (Å²) in [7, 11) is -3.07. The third kappa shape index (κ3) is 6.88. The number of rotatable bonds is 9. The van der Waals surface area contributed by atoms with Gasteiger partial charge in [0.1, 0.15) is 18.0 Å². The van der Waals surface area contributed by atoms with E-state index in [1.54, 1.807) is 0 Å². The fourth-order valence-electron chi connectivity index (χ4n) is 3.21. The molecule has 0 atom stereocenters. The van der Waals surface area contributed by atoms with Crippen LogP contribution in [0, 0.1) is 17.0 Å². The van der Waals surface area contributed by atoms with Crippen molar-refractivity contribution < 1.29 is 40.8 Å². The van der Waals surface area contributed by atoms with Gasteiger partial charge in [-0.1, -0.05) is 6.07 Å². The van der Waals surface area contributed by atoms with Crippen LogP contribution in [-0.2, 0) is 14.8 Å². The predicted octanol–water partition coefficient (Wildman–Crippen LogP) is 4.64. The number of benzene rings is 3. The summed E-state index contributed by atoms with van der Waals surface area (Å²) in [6.07, 6.45) is -4.89. The van der Waals surface area contributed by atoms with Crippen LogP contribution in [-0.4, -0.2) is 39.3 Å². The zero-order valence-electron chi connectivity index (χ0n) is 19.4. The number of nitrogens with zero attached hydrogens (tertiary/aromatic N) is 2. The van der Waals surface area contributed by atoms with Crippen LogP contribution in [0.25, 0.3) is 0 Å². The van der Waals surface area contributed by atoms with Crippen molar-refractivity contribution in [1.29, 1.82) is 0 Å². The number of hydrogen-bond donors (Lipinski definition) is 1. The van der Waals surface area contributed by atoms with Crippen LogP contribution in [0.3, 0.4) is 0 Å². The minimum atomic E-state index is -4.89.